The highest BCUT2D eigenvalue weighted by Gasteiger charge is 2.30. The zero-order valence-electron chi connectivity index (χ0n) is 28.5. The number of carboxylic acid groups (broad SMARTS) is 1. The Morgan fingerprint density at radius 1 is 0.851 bits per heavy atom. The van der Waals surface area contributed by atoms with Gasteiger partial charge in [0, 0.05) is 45.2 Å². The van der Waals surface area contributed by atoms with E-state index in [1.807, 2.05) is 45.0 Å². The van der Waals surface area contributed by atoms with Gasteiger partial charge in [0.15, 0.2) is 0 Å². The van der Waals surface area contributed by atoms with Crippen LogP contribution in [0.5, 0.6) is 0 Å². The molecule has 1 aliphatic carbocycles. The van der Waals surface area contributed by atoms with E-state index in [1.54, 1.807) is 4.90 Å². The average Bonchev–Trinajstić information content (AvgIpc) is 3.40. The van der Waals surface area contributed by atoms with Gasteiger partial charge in [-0.2, -0.15) is 0 Å². The Morgan fingerprint density at radius 3 is 2.09 bits per heavy atom. The molecule has 2 aromatic carbocycles. The summed E-state index contributed by atoms with van der Waals surface area (Å²) in [5.74, 6) is -1.11. The van der Waals surface area contributed by atoms with Gasteiger partial charge in [0.1, 0.15) is 18.2 Å². The highest BCUT2D eigenvalue weighted by molar-refractivity contribution is 5.81. The lowest BCUT2D eigenvalue weighted by Gasteiger charge is -2.28. The molecular formula is C37H54N4O6. The highest BCUT2D eigenvalue weighted by atomic mass is 16.6. The maximum atomic E-state index is 12.6. The second kappa shape index (κ2) is 18.1. The Balaban J connectivity index is 1.08. The summed E-state index contributed by atoms with van der Waals surface area (Å²) in [7, 11) is 0. The number of hydrogen-bond acceptors (Lipinski definition) is 7. The molecule has 1 unspecified atom stereocenters. The largest absolute Gasteiger partial charge is 0.480 e. The van der Waals surface area contributed by atoms with Gasteiger partial charge in [-0.25, -0.2) is 14.4 Å². The number of carbonyl (C=O) groups excluding carboxylic acids is 2. The highest BCUT2D eigenvalue weighted by Crippen LogP contribution is 2.44. The first kappa shape index (κ1) is 36.2. The van der Waals surface area contributed by atoms with Crippen molar-refractivity contribution >= 4 is 18.2 Å². The molecule has 258 valence electrons. The molecule has 2 aliphatic rings. The predicted octanol–water partition coefficient (Wildman–Crippen LogP) is 6.24. The molecule has 4 rings (SSSR count). The van der Waals surface area contributed by atoms with Gasteiger partial charge in [0.2, 0.25) is 0 Å². The molecule has 0 bridgehead atoms. The van der Waals surface area contributed by atoms with Crippen LogP contribution in [0.4, 0.5) is 9.59 Å². The molecule has 1 fully saturated rings. The van der Waals surface area contributed by atoms with Gasteiger partial charge in [0.25, 0.3) is 0 Å². The van der Waals surface area contributed by atoms with E-state index in [0.29, 0.717) is 19.5 Å². The molecule has 47 heavy (non-hydrogen) atoms. The third-order valence-corrected chi connectivity index (χ3v) is 8.90. The second-order valence-corrected chi connectivity index (χ2v) is 13.7. The van der Waals surface area contributed by atoms with E-state index in [4.69, 9.17) is 9.47 Å². The number of amides is 2. The smallest absolute Gasteiger partial charge is 0.410 e. The third-order valence-electron chi connectivity index (χ3n) is 8.90. The van der Waals surface area contributed by atoms with Crippen LogP contribution in [0, 0.1) is 0 Å². The van der Waals surface area contributed by atoms with Crippen molar-refractivity contribution < 1.29 is 29.0 Å². The van der Waals surface area contributed by atoms with Gasteiger partial charge in [0.05, 0.1) is 0 Å². The van der Waals surface area contributed by atoms with E-state index >= 15 is 0 Å². The number of carbonyl (C=O) groups is 3. The average molecular weight is 651 g/mol. The van der Waals surface area contributed by atoms with Crippen LogP contribution in [0.2, 0.25) is 0 Å². The number of alkyl carbamates (subject to hydrolysis) is 1. The van der Waals surface area contributed by atoms with E-state index in [2.05, 4.69) is 39.8 Å². The first-order valence-electron chi connectivity index (χ1n) is 17.4. The zero-order chi connectivity index (χ0) is 33.6. The van der Waals surface area contributed by atoms with Crippen LogP contribution in [0.3, 0.4) is 0 Å². The van der Waals surface area contributed by atoms with Crippen molar-refractivity contribution in [2.24, 2.45) is 0 Å². The van der Waals surface area contributed by atoms with Crippen molar-refractivity contribution in [3.05, 3.63) is 59.7 Å². The van der Waals surface area contributed by atoms with Crippen LogP contribution in [0.15, 0.2) is 48.5 Å². The predicted molar refractivity (Wildman–Crippen MR) is 184 cm³/mol. The summed E-state index contributed by atoms with van der Waals surface area (Å²) in [6, 6.07) is 15.3. The van der Waals surface area contributed by atoms with Crippen LogP contribution in [-0.4, -0.2) is 97.1 Å². The van der Waals surface area contributed by atoms with E-state index in [9.17, 15) is 19.5 Å². The van der Waals surface area contributed by atoms with E-state index < -0.39 is 23.7 Å². The molecule has 10 nitrogen and oxygen atoms in total. The van der Waals surface area contributed by atoms with E-state index in [1.165, 1.54) is 0 Å². The molecule has 0 radical (unpaired) electrons. The van der Waals surface area contributed by atoms with E-state index in [0.717, 1.165) is 99.9 Å². The van der Waals surface area contributed by atoms with Gasteiger partial charge in [-0.1, -0.05) is 87.1 Å². The lowest BCUT2D eigenvalue weighted by atomic mass is 9.98. The quantitative estimate of drug-likeness (QED) is 0.206. The summed E-state index contributed by atoms with van der Waals surface area (Å²) >= 11 is 0. The Morgan fingerprint density at radius 2 is 1.45 bits per heavy atom. The van der Waals surface area contributed by atoms with Crippen molar-refractivity contribution in [2.45, 2.75) is 89.7 Å². The van der Waals surface area contributed by atoms with Gasteiger partial charge in [-0.3, -0.25) is 0 Å². The van der Waals surface area contributed by atoms with Crippen molar-refractivity contribution in [1.29, 1.82) is 0 Å². The summed E-state index contributed by atoms with van der Waals surface area (Å²) < 4.78 is 11.1. The number of carboxylic acids is 1. The number of nitrogens with one attached hydrogen (secondary N) is 2. The zero-order valence-corrected chi connectivity index (χ0v) is 28.5. The van der Waals surface area contributed by atoms with Crippen molar-refractivity contribution in [3.8, 4) is 11.1 Å². The maximum Gasteiger partial charge on any atom is 0.410 e. The number of unbranched alkanes of at least 4 members (excludes halogenated alkanes) is 6. The van der Waals surface area contributed by atoms with E-state index in [-0.39, 0.29) is 18.6 Å². The first-order valence-corrected chi connectivity index (χ1v) is 17.4. The fourth-order valence-electron chi connectivity index (χ4n) is 6.40. The van der Waals surface area contributed by atoms with Gasteiger partial charge < -0.3 is 35.0 Å². The second-order valence-electron chi connectivity index (χ2n) is 13.7. The SMILES string of the molecule is CC(C)(C)OC(=O)N1CCNCCN(CCCCCCCCCC(NC(=O)OCC2c3ccccc3-c3ccccc32)C(=O)O)CC1. The fraction of sp³-hybridized carbons (Fsp3) is 0.595. The molecule has 1 saturated heterocycles. The molecule has 1 aliphatic heterocycles. The minimum absolute atomic E-state index is 0.0681. The molecule has 2 aromatic rings. The molecule has 1 heterocycles. The minimum atomic E-state index is -1.04. The Bertz CT molecular complexity index is 1270. The molecule has 10 heteroatoms. The number of hydrogen-bond donors (Lipinski definition) is 3. The normalized spacial score (nSPS) is 16.3. The molecule has 0 spiro atoms. The molecule has 3 N–H and O–H groups in total. The molecule has 2 amide bonds. The lowest BCUT2D eigenvalue weighted by molar-refractivity contribution is -0.139. The summed E-state index contributed by atoms with van der Waals surface area (Å²) in [5, 5.41) is 15.7. The number of rotatable bonds is 14. The van der Waals surface area contributed by atoms with Gasteiger partial charge >= 0.3 is 18.2 Å². The van der Waals surface area contributed by atoms with Gasteiger partial charge in [-0.05, 0) is 62.4 Å². The third kappa shape index (κ3) is 11.5. The molecule has 1 atom stereocenters. The lowest BCUT2D eigenvalue weighted by Crippen LogP contribution is -2.42. The van der Waals surface area contributed by atoms with Crippen molar-refractivity contribution in [2.75, 3.05) is 52.4 Å². The first-order chi connectivity index (χ1) is 22.6. The standard InChI is InChI=1S/C37H54N4O6/c1-37(2,3)47-36(45)41-24-21-38-20-23-40(25-26-41)22-14-8-6-4-5-7-9-19-33(34(42)43)39-35(44)46-27-32-30-17-12-10-15-28(30)29-16-11-13-18-31(29)32/h10-13,15-18,32-33,38H,4-9,14,19-27H2,1-3H3,(H,39,44)(H,42,43). The molecule has 0 aromatic heterocycles. The number of ether oxygens (including phenoxy) is 2. The Labute approximate surface area is 280 Å². The summed E-state index contributed by atoms with van der Waals surface area (Å²) in [4.78, 5) is 41.3. The van der Waals surface area contributed by atoms with Crippen molar-refractivity contribution in [1.82, 2.24) is 20.4 Å². The molecule has 0 saturated carbocycles. The van der Waals surface area contributed by atoms with Crippen LogP contribution >= 0.6 is 0 Å². The van der Waals surface area contributed by atoms with Crippen LogP contribution in [-0.2, 0) is 14.3 Å². The van der Waals surface area contributed by atoms with Gasteiger partial charge in [-0.15, -0.1) is 0 Å². The topological polar surface area (TPSA) is 120 Å². The van der Waals surface area contributed by atoms with Crippen LogP contribution in [0.25, 0.3) is 11.1 Å². The monoisotopic (exact) mass is 650 g/mol. The number of benzene rings is 2. The fourth-order valence-corrected chi connectivity index (χ4v) is 6.40. The Hall–Kier alpha value is -3.63. The van der Waals surface area contributed by atoms with Crippen molar-refractivity contribution in [3.63, 3.8) is 0 Å². The summed E-state index contributed by atoms with van der Waals surface area (Å²) in [6.07, 6.45) is 6.62. The minimum Gasteiger partial charge on any atom is -0.480 e. The van der Waals surface area contributed by atoms with Crippen LogP contribution < -0.4 is 10.6 Å². The summed E-state index contributed by atoms with van der Waals surface area (Å²) in [5.41, 5.74) is 4.03. The maximum absolute atomic E-state index is 12.6. The number of fused-ring (bicyclic) bond motifs is 3. The molecular weight excluding hydrogens is 596 g/mol. The number of nitrogens with zero attached hydrogens (tertiary/aromatic N) is 2. The number of aliphatic carboxylic acids is 1. The van der Waals surface area contributed by atoms with Crippen LogP contribution in [0.1, 0.15) is 89.2 Å². The summed E-state index contributed by atoms with van der Waals surface area (Å²) in [6.45, 7) is 11.7. The Kier molecular flexibility index (Phi) is 13.9.